The van der Waals surface area contributed by atoms with Gasteiger partial charge in [-0.3, -0.25) is 14.4 Å². The van der Waals surface area contributed by atoms with Gasteiger partial charge in [0.15, 0.2) is 5.78 Å². The molecule has 1 fully saturated rings. The second kappa shape index (κ2) is 9.82. The lowest BCUT2D eigenvalue weighted by atomic mass is 10.0. The Labute approximate surface area is 162 Å². The lowest BCUT2D eigenvalue weighted by Crippen LogP contribution is -2.50. The Balaban J connectivity index is 2.30. The number of ketones is 1. The highest BCUT2D eigenvalue weighted by Crippen LogP contribution is 2.24. The number of nitrogens with one attached hydrogen (secondary N) is 1. The van der Waals surface area contributed by atoms with Gasteiger partial charge < -0.3 is 15.6 Å². The Morgan fingerprint density at radius 1 is 1.44 bits per heavy atom. The molecule has 3 N–H and O–H groups in total. The van der Waals surface area contributed by atoms with Gasteiger partial charge in [-0.2, -0.15) is 0 Å². The first-order valence-corrected chi connectivity index (χ1v) is 10.1. The van der Waals surface area contributed by atoms with Crippen LogP contribution >= 0.6 is 0 Å². The van der Waals surface area contributed by atoms with Crippen molar-refractivity contribution in [2.75, 3.05) is 13.1 Å². The van der Waals surface area contributed by atoms with Crippen LogP contribution < -0.4 is 11.1 Å². The fourth-order valence-electron chi connectivity index (χ4n) is 3.06. The van der Waals surface area contributed by atoms with Crippen molar-refractivity contribution in [2.24, 2.45) is 11.7 Å². The van der Waals surface area contributed by atoms with Gasteiger partial charge >= 0.3 is 0 Å². The first-order chi connectivity index (χ1) is 12.8. The number of primary amides is 1. The summed E-state index contributed by atoms with van der Waals surface area (Å²) in [5, 5.41) is 3.24. The molecule has 1 aliphatic heterocycles. The summed E-state index contributed by atoms with van der Waals surface area (Å²) in [4.78, 5) is 40.9. The number of aromatic nitrogens is 1. The topological polar surface area (TPSA) is 128 Å². The van der Waals surface area contributed by atoms with Crippen LogP contribution in [0.4, 0.5) is 0 Å². The number of aryl methyl sites for hydroxylation is 1. The molecular formula is C18H26N4O4S. The molecule has 0 spiro atoms. The first kappa shape index (κ1) is 21.3. The van der Waals surface area contributed by atoms with Gasteiger partial charge in [0.05, 0.1) is 6.54 Å². The van der Waals surface area contributed by atoms with Crippen LogP contribution in [0.25, 0.3) is 0 Å². The molecule has 27 heavy (non-hydrogen) atoms. The van der Waals surface area contributed by atoms with E-state index in [0.29, 0.717) is 25.1 Å². The molecule has 0 aliphatic carbocycles. The van der Waals surface area contributed by atoms with Crippen molar-refractivity contribution in [1.29, 1.82) is 0 Å². The Morgan fingerprint density at radius 3 is 2.85 bits per heavy atom. The van der Waals surface area contributed by atoms with E-state index in [9.17, 15) is 18.9 Å². The molecule has 1 saturated heterocycles. The molecule has 1 aliphatic rings. The second-order valence-electron chi connectivity index (χ2n) is 6.87. The predicted molar refractivity (Wildman–Crippen MR) is 101 cm³/mol. The molecule has 8 nitrogen and oxygen atoms in total. The molecule has 0 aromatic carbocycles. The summed E-state index contributed by atoms with van der Waals surface area (Å²) < 4.78 is 14.3. The van der Waals surface area contributed by atoms with E-state index in [1.54, 1.807) is 32.0 Å². The number of carbonyl (C=O) groups excluding carboxylic acids is 3. The molecule has 0 radical (unpaired) electrons. The SMILES string of the molecule is Cc1cccc([S+]([O-])N(C(=O)C[C@@H](C)CC(N)=O)C2CCCNCC2=O)n1. The maximum Gasteiger partial charge on any atom is 0.272 e. The van der Waals surface area contributed by atoms with E-state index in [0.717, 1.165) is 4.31 Å². The van der Waals surface area contributed by atoms with E-state index in [4.69, 9.17) is 5.73 Å². The minimum Gasteiger partial charge on any atom is -0.586 e. The fourth-order valence-corrected chi connectivity index (χ4v) is 4.39. The molecule has 0 bridgehead atoms. The highest BCUT2D eigenvalue weighted by Gasteiger charge is 2.40. The van der Waals surface area contributed by atoms with Crippen molar-refractivity contribution in [1.82, 2.24) is 14.6 Å². The van der Waals surface area contributed by atoms with Crippen LogP contribution in [-0.4, -0.2) is 50.6 Å². The van der Waals surface area contributed by atoms with Crippen LogP contribution in [0.3, 0.4) is 0 Å². The number of nitrogens with two attached hydrogens (primary N) is 1. The van der Waals surface area contributed by atoms with E-state index in [1.165, 1.54) is 0 Å². The summed E-state index contributed by atoms with van der Waals surface area (Å²) in [6.07, 6.45) is 1.15. The van der Waals surface area contributed by atoms with Crippen molar-refractivity contribution >= 4 is 29.0 Å². The second-order valence-corrected chi connectivity index (χ2v) is 8.18. The monoisotopic (exact) mass is 394 g/mol. The molecule has 2 amide bonds. The highest BCUT2D eigenvalue weighted by molar-refractivity contribution is 7.89. The third-order valence-corrected chi connectivity index (χ3v) is 5.72. The average molecular weight is 394 g/mol. The van der Waals surface area contributed by atoms with Crippen molar-refractivity contribution in [3.63, 3.8) is 0 Å². The van der Waals surface area contributed by atoms with Gasteiger partial charge in [0.2, 0.25) is 5.91 Å². The van der Waals surface area contributed by atoms with Crippen LogP contribution in [-0.2, 0) is 25.7 Å². The van der Waals surface area contributed by atoms with Crippen LogP contribution in [0.1, 0.15) is 38.3 Å². The lowest BCUT2D eigenvalue weighted by Gasteiger charge is -2.30. The zero-order valence-corrected chi connectivity index (χ0v) is 16.5. The van der Waals surface area contributed by atoms with Gasteiger partial charge in [0, 0.05) is 24.6 Å². The predicted octanol–water partition coefficient (Wildman–Crippen LogP) is 0.464. The molecule has 9 heteroatoms. The zero-order valence-electron chi connectivity index (χ0n) is 15.6. The van der Waals surface area contributed by atoms with E-state index < -0.39 is 29.2 Å². The van der Waals surface area contributed by atoms with Crippen molar-refractivity contribution in [3.8, 4) is 0 Å². The molecule has 1 aromatic rings. The summed E-state index contributed by atoms with van der Waals surface area (Å²) in [6, 6.07) is 4.28. The lowest BCUT2D eigenvalue weighted by molar-refractivity contribution is -0.134. The molecule has 1 aromatic heterocycles. The van der Waals surface area contributed by atoms with Crippen LogP contribution in [0.5, 0.6) is 0 Å². The summed E-state index contributed by atoms with van der Waals surface area (Å²) in [7, 11) is 0. The standard InChI is InChI=1S/C18H26N4O4S/c1-12(9-16(19)24)10-18(25)22(14-6-4-8-20-11-15(14)23)27(26)17-7-3-5-13(2)21-17/h3,5,7,12,14,20H,4,6,8-11H2,1-2H3,(H2,19,24)/t12-,14?,27?/m0/s1. The van der Waals surface area contributed by atoms with Crippen LogP contribution in [0.2, 0.25) is 0 Å². The molecule has 2 unspecified atom stereocenters. The van der Waals surface area contributed by atoms with Gasteiger partial charge in [0.25, 0.3) is 10.9 Å². The minimum absolute atomic E-state index is 0.0162. The largest absolute Gasteiger partial charge is 0.586 e. The van der Waals surface area contributed by atoms with E-state index in [1.807, 2.05) is 0 Å². The Morgan fingerprint density at radius 2 is 2.19 bits per heavy atom. The number of Topliss-reactive ketones (excluding diaryl/α,β-unsaturated/α-hetero) is 1. The molecule has 3 atom stereocenters. The fraction of sp³-hybridized carbons (Fsp3) is 0.556. The Kier molecular flexibility index (Phi) is 7.76. The number of amides is 2. The maximum atomic E-state index is 13.2. The van der Waals surface area contributed by atoms with Crippen molar-refractivity contribution in [3.05, 3.63) is 23.9 Å². The van der Waals surface area contributed by atoms with Crippen LogP contribution in [0, 0.1) is 12.8 Å². The third kappa shape index (κ3) is 6.02. The van der Waals surface area contributed by atoms with E-state index in [2.05, 4.69) is 10.3 Å². The maximum absolute atomic E-state index is 13.2. The number of hydrogen-bond donors (Lipinski definition) is 2. The minimum atomic E-state index is -1.91. The van der Waals surface area contributed by atoms with Gasteiger partial charge in [-0.15, -0.1) is 4.31 Å². The Bertz CT molecular complexity index is 700. The zero-order chi connectivity index (χ0) is 20.0. The molecule has 2 heterocycles. The number of carbonyl (C=O) groups is 3. The summed E-state index contributed by atoms with van der Waals surface area (Å²) in [6.45, 7) is 4.29. The smallest absolute Gasteiger partial charge is 0.272 e. The van der Waals surface area contributed by atoms with Gasteiger partial charge in [-0.05, 0) is 38.3 Å². The number of pyridine rings is 1. The van der Waals surface area contributed by atoms with Crippen LogP contribution in [0.15, 0.2) is 23.2 Å². The Hall–Kier alpha value is -1.97. The van der Waals surface area contributed by atoms with Gasteiger partial charge in [-0.25, -0.2) is 4.98 Å². The molecular weight excluding hydrogens is 368 g/mol. The van der Waals surface area contributed by atoms with E-state index >= 15 is 0 Å². The number of nitrogens with zero attached hydrogens (tertiary/aromatic N) is 2. The molecule has 2 rings (SSSR count). The van der Waals surface area contributed by atoms with E-state index in [-0.39, 0.29) is 36.1 Å². The summed E-state index contributed by atoms with van der Waals surface area (Å²) >= 11 is -1.91. The molecule has 148 valence electrons. The number of rotatable bonds is 7. The average Bonchev–Trinajstić information content (AvgIpc) is 2.79. The quantitative estimate of drug-likeness (QED) is 0.647. The van der Waals surface area contributed by atoms with Crippen molar-refractivity contribution in [2.45, 2.75) is 50.6 Å². The third-order valence-electron chi connectivity index (χ3n) is 4.32. The van der Waals surface area contributed by atoms with Crippen molar-refractivity contribution < 1.29 is 18.9 Å². The normalized spacial score (nSPS) is 19.8. The highest BCUT2D eigenvalue weighted by atomic mass is 32.2. The first-order valence-electron chi connectivity index (χ1n) is 8.99. The molecule has 0 saturated carbocycles. The summed E-state index contributed by atoms with van der Waals surface area (Å²) in [5.74, 6) is -1.42. The van der Waals surface area contributed by atoms with Gasteiger partial charge in [0.1, 0.15) is 17.4 Å². The number of hydrogen-bond acceptors (Lipinski definition) is 6. The summed E-state index contributed by atoms with van der Waals surface area (Å²) in [5.41, 5.74) is 5.87. The van der Waals surface area contributed by atoms with Gasteiger partial charge in [-0.1, -0.05) is 13.0 Å².